The van der Waals surface area contributed by atoms with Crippen molar-refractivity contribution in [2.45, 2.75) is 39.4 Å². The van der Waals surface area contributed by atoms with Crippen LogP contribution in [0.5, 0.6) is 0 Å². The summed E-state index contributed by atoms with van der Waals surface area (Å²) >= 11 is 6.01. The maximum absolute atomic E-state index is 12.9. The molecule has 140 valence electrons. The Morgan fingerprint density at radius 3 is 2.52 bits per heavy atom. The van der Waals surface area contributed by atoms with E-state index in [9.17, 15) is 4.79 Å². The molecule has 2 aromatic carbocycles. The highest BCUT2D eigenvalue weighted by Crippen LogP contribution is 2.20. The molecule has 0 bridgehead atoms. The van der Waals surface area contributed by atoms with Crippen molar-refractivity contribution >= 4 is 17.5 Å². The molecular weight excluding hydrogens is 362 g/mol. The molecule has 0 aliphatic heterocycles. The molecule has 0 unspecified atom stereocenters. The summed E-state index contributed by atoms with van der Waals surface area (Å²) in [5, 5.41) is 13.0. The number of carbonyl (C=O) groups is 1. The molecule has 0 spiro atoms. The van der Waals surface area contributed by atoms with Gasteiger partial charge in [0.25, 0.3) is 0 Å². The maximum Gasteiger partial charge on any atom is 0.246 e. The smallest absolute Gasteiger partial charge is 0.246 e. The Kier molecular flexibility index (Phi) is 5.56. The van der Waals surface area contributed by atoms with E-state index in [4.69, 9.17) is 11.6 Å². The number of rotatable bonds is 5. The lowest BCUT2D eigenvalue weighted by Gasteiger charge is -2.35. The minimum atomic E-state index is -0.330. The first-order chi connectivity index (χ1) is 12.8. The zero-order valence-electron chi connectivity index (χ0n) is 15.6. The predicted molar refractivity (Wildman–Crippen MR) is 105 cm³/mol. The summed E-state index contributed by atoms with van der Waals surface area (Å²) in [7, 11) is 0. The molecule has 0 saturated carbocycles. The molecule has 0 radical (unpaired) electrons. The molecule has 0 saturated heterocycles. The SMILES string of the molecule is CC(C)(C)N(Cc1ccccc1)C(=O)Cn1nnc(-c2cccc(Cl)c2)n1. The van der Waals surface area contributed by atoms with E-state index < -0.39 is 0 Å². The summed E-state index contributed by atoms with van der Waals surface area (Å²) in [5.41, 5.74) is 1.51. The van der Waals surface area contributed by atoms with Crippen LogP contribution in [0, 0.1) is 0 Å². The van der Waals surface area contributed by atoms with E-state index in [1.807, 2.05) is 68.1 Å². The van der Waals surface area contributed by atoms with Crippen LogP contribution < -0.4 is 0 Å². The second-order valence-electron chi connectivity index (χ2n) is 7.29. The number of aromatic nitrogens is 4. The van der Waals surface area contributed by atoms with E-state index in [-0.39, 0.29) is 18.0 Å². The highest BCUT2D eigenvalue weighted by Gasteiger charge is 2.27. The molecule has 0 aliphatic rings. The normalized spacial score (nSPS) is 11.4. The maximum atomic E-state index is 12.9. The van der Waals surface area contributed by atoms with Crippen molar-refractivity contribution < 1.29 is 4.79 Å². The van der Waals surface area contributed by atoms with Crippen molar-refractivity contribution in [3.05, 3.63) is 65.2 Å². The van der Waals surface area contributed by atoms with Crippen LogP contribution in [-0.4, -0.2) is 36.6 Å². The van der Waals surface area contributed by atoms with E-state index in [0.29, 0.717) is 17.4 Å². The number of nitrogens with zero attached hydrogens (tertiary/aromatic N) is 5. The Bertz CT molecular complexity index is 917. The zero-order chi connectivity index (χ0) is 19.4. The Morgan fingerprint density at radius 1 is 1.11 bits per heavy atom. The molecule has 1 aromatic heterocycles. The van der Waals surface area contributed by atoms with Crippen molar-refractivity contribution in [3.63, 3.8) is 0 Å². The lowest BCUT2D eigenvalue weighted by Crippen LogP contribution is -2.46. The second-order valence-corrected chi connectivity index (χ2v) is 7.73. The number of hydrogen-bond acceptors (Lipinski definition) is 4. The highest BCUT2D eigenvalue weighted by molar-refractivity contribution is 6.30. The van der Waals surface area contributed by atoms with Crippen molar-refractivity contribution in [2.24, 2.45) is 0 Å². The first-order valence-electron chi connectivity index (χ1n) is 8.71. The largest absolute Gasteiger partial charge is 0.332 e. The van der Waals surface area contributed by atoms with Gasteiger partial charge >= 0.3 is 0 Å². The topological polar surface area (TPSA) is 63.9 Å². The van der Waals surface area contributed by atoms with Gasteiger partial charge in [-0.25, -0.2) is 0 Å². The lowest BCUT2D eigenvalue weighted by molar-refractivity contribution is -0.137. The third kappa shape index (κ3) is 4.92. The van der Waals surface area contributed by atoms with Gasteiger partial charge in [-0.1, -0.05) is 54.1 Å². The molecule has 7 heteroatoms. The van der Waals surface area contributed by atoms with E-state index in [2.05, 4.69) is 15.4 Å². The number of halogens is 1. The van der Waals surface area contributed by atoms with Gasteiger partial charge in [-0.05, 0) is 43.7 Å². The van der Waals surface area contributed by atoms with Crippen LogP contribution in [0.1, 0.15) is 26.3 Å². The molecule has 0 N–H and O–H groups in total. The Morgan fingerprint density at radius 2 is 1.85 bits per heavy atom. The lowest BCUT2D eigenvalue weighted by atomic mass is 10.0. The van der Waals surface area contributed by atoms with Crippen molar-refractivity contribution in [3.8, 4) is 11.4 Å². The Labute approximate surface area is 163 Å². The Hall–Kier alpha value is -2.73. The van der Waals surface area contributed by atoms with Gasteiger partial charge in [0, 0.05) is 22.7 Å². The molecule has 3 aromatic rings. The van der Waals surface area contributed by atoms with Crippen molar-refractivity contribution in [2.75, 3.05) is 0 Å². The van der Waals surface area contributed by atoms with Gasteiger partial charge in [0.05, 0.1) is 0 Å². The summed E-state index contributed by atoms with van der Waals surface area (Å²) in [6.45, 7) is 6.59. The monoisotopic (exact) mass is 383 g/mol. The van der Waals surface area contributed by atoms with Crippen LogP contribution in [-0.2, 0) is 17.9 Å². The predicted octanol–water partition coefficient (Wildman–Crippen LogP) is 3.82. The molecule has 6 nitrogen and oxygen atoms in total. The molecule has 3 rings (SSSR count). The molecule has 0 aliphatic carbocycles. The molecule has 1 heterocycles. The molecular formula is C20H22ClN5O. The minimum Gasteiger partial charge on any atom is -0.332 e. The van der Waals surface area contributed by atoms with E-state index in [1.54, 1.807) is 12.1 Å². The first-order valence-corrected chi connectivity index (χ1v) is 9.09. The molecule has 27 heavy (non-hydrogen) atoms. The van der Waals surface area contributed by atoms with Crippen LogP contribution >= 0.6 is 11.6 Å². The van der Waals surface area contributed by atoms with E-state index >= 15 is 0 Å². The Balaban J connectivity index is 1.76. The standard InChI is InChI=1S/C20H22ClN5O/c1-20(2,3)25(13-15-8-5-4-6-9-15)18(27)14-26-23-19(22-24-26)16-10-7-11-17(21)12-16/h4-12H,13-14H2,1-3H3. The van der Waals surface area contributed by atoms with Crippen molar-refractivity contribution in [1.29, 1.82) is 0 Å². The van der Waals surface area contributed by atoms with Gasteiger partial charge in [-0.2, -0.15) is 4.80 Å². The highest BCUT2D eigenvalue weighted by atomic mass is 35.5. The first kappa shape index (κ1) is 19.0. The fourth-order valence-corrected chi connectivity index (χ4v) is 2.92. The average Bonchev–Trinajstić information content (AvgIpc) is 3.08. The van der Waals surface area contributed by atoms with Gasteiger partial charge in [-0.3, -0.25) is 4.79 Å². The summed E-state index contributed by atoms with van der Waals surface area (Å²) in [6, 6.07) is 17.1. The van der Waals surface area contributed by atoms with Crippen LogP contribution in [0.3, 0.4) is 0 Å². The van der Waals surface area contributed by atoms with Gasteiger partial charge in [0.1, 0.15) is 6.54 Å². The van der Waals surface area contributed by atoms with Gasteiger partial charge in [-0.15, -0.1) is 10.2 Å². The molecule has 0 fully saturated rings. The number of carbonyl (C=O) groups excluding carboxylic acids is 1. The summed E-state index contributed by atoms with van der Waals surface area (Å²) in [5.74, 6) is 0.372. The third-order valence-electron chi connectivity index (χ3n) is 4.11. The summed E-state index contributed by atoms with van der Waals surface area (Å²) in [4.78, 5) is 16.1. The van der Waals surface area contributed by atoms with Gasteiger partial charge < -0.3 is 4.90 Å². The van der Waals surface area contributed by atoms with Crippen LogP contribution in [0.2, 0.25) is 5.02 Å². The number of tetrazole rings is 1. The van der Waals surface area contributed by atoms with Crippen LogP contribution in [0.15, 0.2) is 54.6 Å². The van der Waals surface area contributed by atoms with Crippen LogP contribution in [0.4, 0.5) is 0 Å². The van der Waals surface area contributed by atoms with Crippen molar-refractivity contribution in [1.82, 2.24) is 25.1 Å². The zero-order valence-corrected chi connectivity index (χ0v) is 16.4. The van der Waals surface area contributed by atoms with Gasteiger partial charge in [0.2, 0.25) is 11.7 Å². The molecule has 1 amide bonds. The summed E-state index contributed by atoms with van der Waals surface area (Å²) < 4.78 is 0. The van der Waals surface area contributed by atoms with E-state index in [1.165, 1.54) is 4.80 Å². The molecule has 0 atom stereocenters. The third-order valence-corrected chi connectivity index (χ3v) is 4.34. The number of hydrogen-bond donors (Lipinski definition) is 0. The number of amides is 1. The second kappa shape index (κ2) is 7.88. The minimum absolute atomic E-state index is 0.0255. The fourth-order valence-electron chi connectivity index (χ4n) is 2.73. The summed E-state index contributed by atoms with van der Waals surface area (Å²) in [6.07, 6.45) is 0. The fraction of sp³-hybridized carbons (Fsp3) is 0.300. The van der Waals surface area contributed by atoms with Crippen LogP contribution in [0.25, 0.3) is 11.4 Å². The quantitative estimate of drug-likeness (QED) is 0.671. The average molecular weight is 384 g/mol. The van der Waals surface area contributed by atoms with Gasteiger partial charge in [0.15, 0.2) is 0 Å². The van der Waals surface area contributed by atoms with E-state index in [0.717, 1.165) is 11.1 Å². The number of benzene rings is 2.